The van der Waals surface area contributed by atoms with E-state index in [-0.39, 0.29) is 18.1 Å². The molecule has 0 aliphatic heterocycles. The van der Waals surface area contributed by atoms with Crippen molar-refractivity contribution in [1.82, 2.24) is 5.01 Å². The SMILES string of the molecule is CSc1cccc(N(N)C(=O)N(C)N)c1COc1ccc(O)cc1F. The predicted molar refractivity (Wildman–Crippen MR) is 94.6 cm³/mol. The number of nitrogens with two attached hydrogens (primary N) is 2. The Morgan fingerprint density at radius 3 is 2.64 bits per heavy atom. The number of hydrazine groups is 2. The van der Waals surface area contributed by atoms with Crippen LogP contribution in [-0.2, 0) is 6.61 Å². The smallest absolute Gasteiger partial charge is 0.352 e. The lowest BCUT2D eigenvalue weighted by molar-refractivity contribution is 0.216. The molecule has 0 aromatic heterocycles. The van der Waals surface area contributed by atoms with Crippen molar-refractivity contribution in [2.75, 3.05) is 18.3 Å². The number of amides is 2. The fraction of sp³-hybridized carbons (Fsp3) is 0.188. The largest absolute Gasteiger partial charge is 0.508 e. The van der Waals surface area contributed by atoms with Crippen molar-refractivity contribution in [3.8, 4) is 11.5 Å². The van der Waals surface area contributed by atoms with Crippen molar-refractivity contribution in [2.45, 2.75) is 11.5 Å². The van der Waals surface area contributed by atoms with Crippen molar-refractivity contribution in [1.29, 1.82) is 0 Å². The molecule has 0 saturated heterocycles. The summed E-state index contributed by atoms with van der Waals surface area (Å²) in [4.78, 5) is 12.8. The molecule has 2 amide bonds. The van der Waals surface area contributed by atoms with Crippen LogP contribution in [0.3, 0.4) is 0 Å². The summed E-state index contributed by atoms with van der Waals surface area (Å²) in [5.74, 6) is 10.4. The Hall–Kier alpha value is -2.49. The van der Waals surface area contributed by atoms with Gasteiger partial charge in [0.1, 0.15) is 12.4 Å². The predicted octanol–water partition coefficient (Wildman–Crippen LogP) is 2.44. The first-order chi connectivity index (χ1) is 11.8. The fourth-order valence-corrected chi connectivity index (χ4v) is 2.77. The fourth-order valence-electron chi connectivity index (χ4n) is 2.15. The van der Waals surface area contributed by atoms with Gasteiger partial charge in [-0.25, -0.2) is 25.9 Å². The summed E-state index contributed by atoms with van der Waals surface area (Å²) in [5.41, 5.74) is 1.01. The van der Waals surface area contributed by atoms with Gasteiger partial charge in [0, 0.05) is 23.6 Å². The average molecular weight is 366 g/mol. The molecule has 0 bridgehead atoms. The highest BCUT2D eigenvalue weighted by Crippen LogP contribution is 2.31. The lowest BCUT2D eigenvalue weighted by Crippen LogP contribution is -2.49. The molecular weight excluding hydrogens is 347 g/mol. The third-order valence-corrected chi connectivity index (χ3v) is 4.21. The van der Waals surface area contributed by atoms with E-state index in [1.165, 1.54) is 30.9 Å². The van der Waals surface area contributed by atoms with E-state index in [2.05, 4.69) is 0 Å². The Morgan fingerprint density at radius 2 is 2.04 bits per heavy atom. The molecule has 0 unspecified atom stereocenters. The summed E-state index contributed by atoms with van der Waals surface area (Å²) in [6.45, 7) is -0.0245. The first-order valence-corrected chi connectivity index (χ1v) is 8.42. The summed E-state index contributed by atoms with van der Waals surface area (Å²) in [7, 11) is 1.38. The Balaban J connectivity index is 2.33. The van der Waals surface area contributed by atoms with Gasteiger partial charge in [-0.2, -0.15) is 0 Å². The van der Waals surface area contributed by atoms with Crippen molar-refractivity contribution < 1.29 is 19.0 Å². The van der Waals surface area contributed by atoms with Crippen LogP contribution in [0.4, 0.5) is 14.9 Å². The van der Waals surface area contributed by atoms with Gasteiger partial charge in [0.15, 0.2) is 11.6 Å². The second-order valence-corrected chi connectivity index (χ2v) is 5.97. The lowest BCUT2D eigenvalue weighted by atomic mass is 10.2. The van der Waals surface area contributed by atoms with Gasteiger partial charge in [0.25, 0.3) is 0 Å². The molecule has 0 aliphatic rings. The number of carbonyl (C=O) groups is 1. The molecule has 2 aromatic carbocycles. The molecule has 0 fully saturated rings. The van der Waals surface area contributed by atoms with E-state index < -0.39 is 11.8 Å². The molecule has 9 heteroatoms. The zero-order valence-corrected chi connectivity index (χ0v) is 14.6. The van der Waals surface area contributed by atoms with Crippen LogP contribution in [0.1, 0.15) is 5.56 Å². The highest BCUT2D eigenvalue weighted by molar-refractivity contribution is 7.98. The van der Waals surface area contributed by atoms with Crippen molar-refractivity contribution in [3.63, 3.8) is 0 Å². The number of nitrogens with zero attached hydrogens (tertiary/aromatic N) is 2. The molecule has 0 radical (unpaired) electrons. The van der Waals surface area contributed by atoms with E-state index in [1.54, 1.807) is 12.1 Å². The maximum atomic E-state index is 13.8. The van der Waals surface area contributed by atoms with Gasteiger partial charge < -0.3 is 9.84 Å². The van der Waals surface area contributed by atoms with Crippen molar-refractivity contribution >= 4 is 23.5 Å². The number of phenols is 1. The summed E-state index contributed by atoms with van der Waals surface area (Å²) < 4.78 is 19.3. The molecule has 0 spiro atoms. The standard InChI is InChI=1S/C16H19FN4O3S/c1-20(18)16(23)21(19)13-4-3-5-15(25-2)11(13)9-24-14-7-6-10(22)8-12(14)17/h3-8,22H,9,18-19H2,1-2H3. The second-order valence-electron chi connectivity index (χ2n) is 5.12. The number of carbonyl (C=O) groups excluding carboxylic acids is 1. The van der Waals surface area contributed by atoms with E-state index in [9.17, 15) is 14.3 Å². The molecule has 5 N–H and O–H groups in total. The van der Waals surface area contributed by atoms with Gasteiger partial charge in [0.2, 0.25) is 0 Å². The molecule has 7 nitrogen and oxygen atoms in total. The summed E-state index contributed by atoms with van der Waals surface area (Å²) >= 11 is 1.44. The zero-order valence-electron chi connectivity index (χ0n) is 13.8. The number of hydrogen-bond acceptors (Lipinski definition) is 6. The van der Waals surface area contributed by atoms with Gasteiger partial charge in [0.05, 0.1) is 5.69 Å². The molecule has 25 heavy (non-hydrogen) atoms. The molecule has 2 aromatic rings. The molecule has 0 aliphatic carbocycles. The van der Waals surface area contributed by atoms with E-state index in [1.807, 2.05) is 12.3 Å². The zero-order chi connectivity index (χ0) is 18.6. The van der Waals surface area contributed by atoms with E-state index >= 15 is 0 Å². The number of ether oxygens (including phenoxy) is 1. The molecule has 2 rings (SSSR count). The first kappa shape index (κ1) is 18.8. The van der Waals surface area contributed by atoms with Crippen LogP contribution in [0.2, 0.25) is 0 Å². The number of phenolic OH excluding ortho intramolecular Hbond substituents is 1. The number of benzene rings is 2. The van der Waals surface area contributed by atoms with E-state index in [4.69, 9.17) is 16.4 Å². The Morgan fingerprint density at radius 1 is 1.32 bits per heavy atom. The van der Waals surface area contributed by atoms with Crippen molar-refractivity contribution in [3.05, 3.63) is 47.8 Å². The molecular formula is C16H19FN4O3S. The van der Waals surface area contributed by atoms with Crippen LogP contribution in [0.15, 0.2) is 41.3 Å². The Kier molecular flexibility index (Phi) is 6.07. The molecule has 0 atom stereocenters. The van der Waals surface area contributed by atoms with Crippen LogP contribution >= 0.6 is 11.8 Å². The quantitative estimate of drug-likeness (QED) is 0.325. The van der Waals surface area contributed by atoms with E-state index in [0.717, 1.165) is 21.0 Å². The van der Waals surface area contributed by atoms with Crippen LogP contribution in [0, 0.1) is 5.82 Å². The number of thioether (sulfide) groups is 1. The number of urea groups is 1. The minimum absolute atomic E-state index is 0.0227. The van der Waals surface area contributed by atoms with Gasteiger partial charge in [-0.15, -0.1) is 11.8 Å². The normalized spacial score (nSPS) is 10.4. The topological polar surface area (TPSA) is 105 Å². The number of rotatable bonds is 5. The summed E-state index contributed by atoms with van der Waals surface area (Å²) in [6, 6.07) is 8.22. The Bertz CT molecular complexity index is 773. The van der Waals surface area contributed by atoms with Crippen molar-refractivity contribution in [2.24, 2.45) is 11.7 Å². The second kappa shape index (κ2) is 8.06. The van der Waals surface area contributed by atoms with E-state index in [0.29, 0.717) is 11.3 Å². The maximum Gasteiger partial charge on any atom is 0.352 e. The van der Waals surface area contributed by atoms with Gasteiger partial charge >= 0.3 is 6.03 Å². The minimum Gasteiger partial charge on any atom is -0.508 e. The van der Waals surface area contributed by atoms with Crippen LogP contribution in [0.5, 0.6) is 11.5 Å². The minimum atomic E-state index is -0.689. The highest BCUT2D eigenvalue weighted by atomic mass is 32.2. The number of hydrogen-bond donors (Lipinski definition) is 3. The van der Waals surface area contributed by atoms with Crippen LogP contribution in [0.25, 0.3) is 0 Å². The monoisotopic (exact) mass is 366 g/mol. The van der Waals surface area contributed by atoms with Crippen LogP contribution in [-0.4, -0.2) is 29.4 Å². The third kappa shape index (κ3) is 4.32. The van der Waals surface area contributed by atoms with Crippen LogP contribution < -0.4 is 21.4 Å². The van der Waals surface area contributed by atoms with Gasteiger partial charge in [-0.05, 0) is 30.5 Å². The van der Waals surface area contributed by atoms with Gasteiger partial charge in [-0.3, -0.25) is 5.01 Å². The number of halogens is 1. The summed E-state index contributed by atoms with van der Waals surface area (Å²) in [6.07, 6.45) is 1.86. The molecule has 134 valence electrons. The average Bonchev–Trinajstić information content (AvgIpc) is 2.59. The highest BCUT2D eigenvalue weighted by Gasteiger charge is 2.20. The molecule has 0 saturated carbocycles. The lowest BCUT2D eigenvalue weighted by Gasteiger charge is -2.24. The summed E-state index contributed by atoms with van der Waals surface area (Å²) in [5, 5.41) is 11.0. The number of aromatic hydroxyl groups is 1. The first-order valence-electron chi connectivity index (χ1n) is 7.19. The number of anilines is 1. The maximum absolute atomic E-state index is 13.8. The third-order valence-electron chi connectivity index (χ3n) is 3.38. The Labute approximate surface area is 148 Å². The van der Waals surface area contributed by atoms with Gasteiger partial charge in [-0.1, -0.05) is 6.07 Å². The molecule has 0 heterocycles.